The zero-order valence-electron chi connectivity index (χ0n) is 15.4. The van der Waals surface area contributed by atoms with E-state index in [1.807, 2.05) is 6.92 Å². The lowest BCUT2D eigenvalue weighted by atomic mass is 9.97. The second kappa shape index (κ2) is 8.12. The normalized spacial score (nSPS) is 16.7. The van der Waals surface area contributed by atoms with Crippen LogP contribution in [0.5, 0.6) is 0 Å². The van der Waals surface area contributed by atoms with Crippen molar-refractivity contribution in [2.24, 2.45) is 5.92 Å². The zero-order chi connectivity index (χ0) is 19.4. The molecular weight excluding hydrogens is 336 g/mol. The van der Waals surface area contributed by atoms with Crippen molar-refractivity contribution in [1.82, 2.24) is 10.2 Å². The van der Waals surface area contributed by atoms with Gasteiger partial charge in [-0.15, -0.1) is 0 Å². The number of rotatable bonds is 7. The number of nitrogens with one attached hydrogen (secondary N) is 1. The Bertz CT molecular complexity index is 695. The fraction of sp³-hybridized carbons (Fsp3) is 0.474. The van der Waals surface area contributed by atoms with Gasteiger partial charge in [0, 0.05) is 6.54 Å². The van der Waals surface area contributed by atoms with E-state index in [2.05, 4.69) is 5.32 Å². The molecule has 3 atom stereocenters. The molecule has 1 heterocycles. The number of nitrogens with zero attached hydrogens (tertiary/aromatic N) is 1. The van der Waals surface area contributed by atoms with E-state index in [4.69, 9.17) is 4.74 Å². The quantitative estimate of drug-likeness (QED) is 0.591. The minimum Gasteiger partial charge on any atom is -0.451 e. The van der Waals surface area contributed by atoms with Crippen molar-refractivity contribution in [2.45, 2.75) is 46.3 Å². The summed E-state index contributed by atoms with van der Waals surface area (Å²) in [6.45, 7) is 7.25. The molecule has 0 aliphatic carbocycles. The molecule has 0 aromatic heterocycles. The highest BCUT2D eigenvalue weighted by Crippen LogP contribution is 2.28. The molecule has 1 aromatic rings. The van der Waals surface area contributed by atoms with E-state index in [9.17, 15) is 19.2 Å². The third kappa shape index (κ3) is 3.61. The van der Waals surface area contributed by atoms with Gasteiger partial charge in [-0.3, -0.25) is 19.3 Å². The van der Waals surface area contributed by atoms with Crippen molar-refractivity contribution in [3.05, 3.63) is 35.4 Å². The van der Waals surface area contributed by atoms with Gasteiger partial charge in [-0.05, 0) is 31.9 Å². The Labute approximate surface area is 152 Å². The summed E-state index contributed by atoms with van der Waals surface area (Å²) in [7, 11) is 0. The number of amides is 3. The summed E-state index contributed by atoms with van der Waals surface area (Å²) >= 11 is 0. The minimum absolute atomic E-state index is 0.273. The smallest absolute Gasteiger partial charge is 0.330 e. The van der Waals surface area contributed by atoms with Crippen LogP contribution < -0.4 is 5.32 Å². The number of esters is 1. The van der Waals surface area contributed by atoms with Crippen LogP contribution in [0.25, 0.3) is 0 Å². The first kappa shape index (κ1) is 19.6. The van der Waals surface area contributed by atoms with Gasteiger partial charge in [0.15, 0.2) is 6.10 Å². The standard InChI is InChI=1S/C19H24N2O5/c1-5-11(3)15(19(25)26-12(4)16(22)20-6-2)21-17(23)13-9-7-8-10-14(13)18(21)24/h7-12,15H,5-6H2,1-4H3,(H,20,22)/t11-,12+,15-/m0/s1. The third-order valence-corrected chi connectivity index (χ3v) is 4.54. The molecule has 0 fully saturated rings. The second-order valence-electron chi connectivity index (χ2n) is 6.33. The summed E-state index contributed by atoms with van der Waals surface area (Å²) in [5.41, 5.74) is 0.547. The predicted molar refractivity (Wildman–Crippen MR) is 94.4 cm³/mol. The Balaban J connectivity index is 2.29. The van der Waals surface area contributed by atoms with E-state index >= 15 is 0 Å². The Morgan fingerprint density at radius 3 is 2.08 bits per heavy atom. The van der Waals surface area contributed by atoms with Gasteiger partial charge in [-0.2, -0.15) is 0 Å². The zero-order valence-corrected chi connectivity index (χ0v) is 15.4. The molecule has 1 aliphatic rings. The molecule has 0 saturated heterocycles. The molecule has 140 valence electrons. The van der Waals surface area contributed by atoms with Crippen LogP contribution >= 0.6 is 0 Å². The van der Waals surface area contributed by atoms with Gasteiger partial charge < -0.3 is 10.1 Å². The maximum atomic E-state index is 12.7. The molecule has 0 bridgehead atoms. The molecule has 7 nitrogen and oxygen atoms in total. The van der Waals surface area contributed by atoms with Crippen LogP contribution in [0, 0.1) is 5.92 Å². The average molecular weight is 360 g/mol. The van der Waals surface area contributed by atoms with Gasteiger partial charge in [0.2, 0.25) is 0 Å². The first-order chi connectivity index (χ1) is 12.3. The number of likely N-dealkylation sites (N-methyl/N-ethyl adjacent to an activating group) is 1. The number of hydrogen-bond acceptors (Lipinski definition) is 5. The number of carbonyl (C=O) groups is 4. The van der Waals surface area contributed by atoms with Crippen LogP contribution in [0.2, 0.25) is 0 Å². The van der Waals surface area contributed by atoms with Crippen molar-refractivity contribution >= 4 is 23.7 Å². The van der Waals surface area contributed by atoms with Gasteiger partial charge in [-0.1, -0.05) is 32.4 Å². The number of imide groups is 1. The van der Waals surface area contributed by atoms with Crippen LogP contribution in [0.1, 0.15) is 54.8 Å². The Morgan fingerprint density at radius 2 is 1.62 bits per heavy atom. The minimum atomic E-state index is -1.08. The molecule has 0 radical (unpaired) electrons. The van der Waals surface area contributed by atoms with Crippen LogP contribution in [-0.2, 0) is 14.3 Å². The molecule has 1 aromatic carbocycles. The summed E-state index contributed by atoms with van der Waals surface area (Å²) < 4.78 is 5.26. The summed E-state index contributed by atoms with van der Waals surface area (Å²) in [4.78, 5) is 51.0. The highest BCUT2D eigenvalue weighted by atomic mass is 16.5. The van der Waals surface area contributed by atoms with Crippen LogP contribution in [-0.4, -0.2) is 47.3 Å². The number of fused-ring (bicyclic) bond motifs is 1. The number of ether oxygens (including phenoxy) is 1. The fourth-order valence-electron chi connectivity index (χ4n) is 2.89. The molecule has 0 spiro atoms. The van der Waals surface area contributed by atoms with Crippen molar-refractivity contribution < 1.29 is 23.9 Å². The summed E-state index contributed by atoms with van der Waals surface area (Å²) in [6.07, 6.45) is -0.452. The monoisotopic (exact) mass is 360 g/mol. The Hall–Kier alpha value is -2.70. The van der Waals surface area contributed by atoms with Gasteiger partial charge in [0.1, 0.15) is 6.04 Å². The summed E-state index contributed by atoms with van der Waals surface area (Å²) in [6, 6.07) is 5.38. The Morgan fingerprint density at radius 1 is 1.08 bits per heavy atom. The summed E-state index contributed by atoms with van der Waals surface area (Å²) in [5.74, 6) is -2.53. The van der Waals surface area contributed by atoms with Crippen LogP contribution in [0.15, 0.2) is 24.3 Å². The average Bonchev–Trinajstić information content (AvgIpc) is 2.87. The van der Waals surface area contributed by atoms with Crippen molar-refractivity contribution in [2.75, 3.05) is 6.54 Å². The predicted octanol–water partition coefficient (Wildman–Crippen LogP) is 1.77. The number of benzene rings is 1. The van der Waals surface area contributed by atoms with E-state index in [0.717, 1.165) is 4.90 Å². The van der Waals surface area contributed by atoms with E-state index in [0.29, 0.717) is 13.0 Å². The molecule has 26 heavy (non-hydrogen) atoms. The lowest BCUT2D eigenvalue weighted by molar-refractivity contribution is -0.160. The van der Waals surface area contributed by atoms with Gasteiger partial charge in [-0.25, -0.2) is 4.79 Å². The van der Waals surface area contributed by atoms with E-state index < -0.39 is 35.8 Å². The molecule has 3 amide bonds. The SMILES string of the molecule is CCNC(=O)[C@@H](C)OC(=O)[C@H]([C@@H](C)CC)N1C(=O)c2ccccc2C1=O. The van der Waals surface area contributed by atoms with Gasteiger partial charge >= 0.3 is 5.97 Å². The lowest BCUT2D eigenvalue weighted by Crippen LogP contribution is -2.50. The molecular formula is C19H24N2O5. The molecule has 2 rings (SSSR count). The largest absolute Gasteiger partial charge is 0.451 e. The highest BCUT2D eigenvalue weighted by molar-refractivity contribution is 6.22. The number of hydrogen-bond donors (Lipinski definition) is 1. The molecule has 1 N–H and O–H groups in total. The molecule has 0 saturated carbocycles. The lowest BCUT2D eigenvalue weighted by Gasteiger charge is -2.29. The van der Waals surface area contributed by atoms with Crippen LogP contribution in [0.3, 0.4) is 0 Å². The van der Waals surface area contributed by atoms with Crippen molar-refractivity contribution in [3.8, 4) is 0 Å². The van der Waals surface area contributed by atoms with E-state index in [-0.39, 0.29) is 17.0 Å². The number of carbonyl (C=O) groups excluding carboxylic acids is 4. The Kier molecular flexibility index (Phi) is 6.13. The van der Waals surface area contributed by atoms with Crippen molar-refractivity contribution in [3.63, 3.8) is 0 Å². The van der Waals surface area contributed by atoms with Gasteiger partial charge in [0.05, 0.1) is 11.1 Å². The maximum Gasteiger partial charge on any atom is 0.330 e. The second-order valence-corrected chi connectivity index (χ2v) is 6.33. The van der Waals surface area contributed by atoms with Gasteiger partial charge in [0.25, 0.3) is 17.7 Å². The van der Waals surface area contributed by atoms with E-state index in [1.54, 1.807) is 38.1 Å². The first-order valence-corrected chi connectivity index (χ1v) is 8.78. The molecule has 7 heteroatoms. The first-order valence-electron chi connectivity index (χ1n) is 8.78. The third-order valence-electron chi connectivity index (χ3n) is 4.54. The highest BCUT2D eigenvalue weighted by Gasteiger charge is 2.45. The van der Waals surface area contributed by atoms with Crippen LogP contribution in [0.4, 0.5) is 0 Å². The fourth-order valence-corrected chi connectivity index (χ4v) is 2.89. The van der Waals surface area contributed by atoms with E-state index in [1.165, 1.54) is 6.92 Å². The summed E-state index contributed by atoms with van der Waals surface area (Å²) in [5, 5.41) is 2.57. The molecule has 1 aliphatic heterocycles. The topological polar surface area (TPSA) is 92.8 Å². The molecule has 0 unspecified atom stereocenters. The van der Waals surface area contributed by atoms with Crippen molar-refractivity contribution in [1.29, 1.82) is 0 Å². The maximum absolute atomic E-state index is 12.7.